The quantitative estimate of drug-likeness (QED) is 0.824. The molecule has 0 saturated carbocycles. The number of hydrogen-bond acceptors (Lipinski definition) is 1. The van der Waals surface area contributed by atoms with E-state index in [-0.39, 0.29) is 0 Å². The van der Waals surface area contributed by atoms with Crippen LogP contribution in [-0.4, -0.2) is 9.55 Å². The first-order chi connectivity index (χ1) is 7.18. The minimum absolute atomic E-state index is 0.836. The van der Waals surface area contributed by atoms with E-state index in [1.165, 1.54) is 5.56 Å². The highest BCUT2D eigenvalue weighted by molar-refractivity contribution is 9.10. The molecule has 0 spiro atoms. The van der Waals surface area contributed by atoms with Crippen LogP contribution in [0.4, 0.5) is 0 Å². The van der Waals surface area contributed by atoms with Gasteiger partial charge in [0.15, 0.2) is 0 Å². The molecule has 1 heterocycles. The molecule has 1 aromatic heterocycles. The molecule has 0 fully saturated rings. The highest BCUT2D eigenvalue weighted by Gasteiger charge is 2.08. The summed E-state index contributed by atoms with van der Waals surface area (Å²) in [4.78, 5) is 4.35. The number of hydrogen-bond donors (Lipinski definition) is 0. The van der Waals surface area contributed by atoms with Crippen LogP contribution in [0.5, 0.6) is 0 Å². The molecule has 4 heteroatoms. The highest BCUT2D eigenvalue weighted by atomic mass is 79.9. The number of rotatable bonds is 2. The summed E-state index contributed by atoms with van der Waals surface area (Å²) in [5.41, 5.74) is 2.31. The summed E-state index contributed by atoms with van der Waals surface area (Å²) in [6, 6.07) is 8.20. The van der Waals surface area contributed by atoms with Crippen LogP contribution in [0.2, 0.25) is 0 Å². The van der Waals surface area contributed by atoms with Crippen molar-refractivity contribution in [1.82, 2.24) is 9.55 Å². The van der Waals surface area contributed by atoms with Gasteiger partial charge in [-0.1, -0.05) is 34.1 Å². The molecule has 0 atom stereocenters. The molecule has 2 rings (SSSR count). The second-order valence-electron chi connectivity index (χ2n) is 3.36. The predicted molar refractivity (Wildman–Crippen MR) is 67.9 cm³/mol. The van der Waals surface area contributed by atoms with E-state index in [4.69, 9.17) is 0 Å². The molecule has 0 amide bonds. The molecule has 2 nitrogen and oxygen atoms in total. The number of benzene rings is 1. The van der Waals surface area contributed by atoms with E-state index in [0.717, 1.165) is 21.2 Å². The molecule has 0 radical (unpaired) electrons. The lowest BCUT2D eigenvalue weighted by molar-refractivity contribution is 0.887. The Kier molecular flexibility index (Phi) is 3.26. The minimum atomic E-state index is 0.836. The molecule has 78 valence electrons. The van der Waals surface area contributed by atoms with E-state index in [0.29, 0.717) is 0 Å². The first kappa shape index (κ1) is 10.9. The van der Waals surface area contributed by atoms with Gasteiger partial charge in [0.05, 0.1) is 12.0 Å². The number of imidazole rings is 1. The van der Waals surface area contributed by atoms with Gasteiger partial charge in [-0.3, -0.25) is 0 Å². The first-order valence-corrected chi connectivity index (χ1v) is 6.16. The van der Waals surface area contributed by atoms with E-state index in [1.807, 2.05) is 36.1 Å². The third kappa shape index (κ3) is 2.32. The smallest absolute Gasteiger partial charge is 0.108 e. The molecule has 0 aliphatic carbocycles. The van der Waals surface area contributed by atoms with Crippen molar-refractivity contribution in [1.29, 1.82) is 0 Å². The monoisotopic (exact) mass is 328 g/mol. The van der Waals surface area contributed by atoms with Gasteiger partial charge < -0.3 is 4.57 Å². The van der Waals surface area contributed by atoms with Gasteiger partial charge in [0, 0.05) is 17.9 Å². The summed E-state index contributed by atoms with van der Waals surface area (Å²) in [6.07, 6.45) is 2.65. The van der Waals surface area contributed by atoms with E-state index >= 15 is 0 Å². The lowest BCUT2D eigenvalue weighted by Crippen LogP contribution is -1.92. The summed E-state index contributed by atoms with van der Waals surface area (Å²) >= 11 is 7.05. The number of halogens is 2. The van der Waals surface area contributed by atoms with Crippen molar-refractivity contribution in [2.24, 2.45) is 7.05 Å². The van der Waals surface area contributed by atoms with Gasteiger partial charge in [0.1, 0.15) is 4.60 Å². The van der Waals surface area contributed by atoms with Crippen molar-refractivity contribution < 1.29 is 0 Å². The zero-order valence-corrected chi connectivity index (χ0v) is 11.4. The SMILES string of the molecule is Cn1cnc(Cc2ccccc2Br)c1Br. The average molecular weight is 330 g/mol. The zero-order valence-electron chi connectivity index (χ0n) is 8.24. The molecule has 0 unspecified atom stereocenters. The number of nitrogens with zero attached hydrogens (tertiary/aromatic N) is 2. The zero-order chi connectivity index (χ0) is 10.8. The molecule has 2 aromatic rings. The Morgan fingerprint density at radius 1 is 1.27 bits per heavy atom. The van der Waals surface area contributed by atoms with Gasteiger partial charge in [0.25, 0.3) is 0 Å². The summed E-state index contributed by atoms with van der Waals surface area (Å²) < 4.78 is 4.13. The van der Waals surface area contributed by atoms with Crippen LogP contribution in [0.1, 0.15) is 11.3 Å². The van der Waals surface area contributed by atoms with Crippen LogP contribution < -0.4 is 0 Å². The van der Waals surface area contributed by atoms with Crippen LogP contribution >= 0.6 is 31.9 Å². The second kappa shape index (κ2) is 4.49. The maximum atomic E-state index is 4.35. The number of aryl methyl sites for hydroxylation is 1. The van der Waals surface area contributed by atoms with Gasteiger partial charge in [-0.2, -0.15) is 0 Å². The van der Waals surface area contributed by atoms with Crippen LogP contribution in [0, 0.1) is 0 Å². The fraction of sp³-hybridized carbons (Fsp3) is 0.182. The highest BCUT2D eigenvalue weighted by Crippen LogP contribution is 2.22. The summed E-state index contributed by atoms with van der Waals surface area (Å²) in [7, 11) is 1.97. The predicted octanol–water partition coefficient (Wildman–Crippen LogP) is 3.54. The standard InChI is InChI=1S/C11H10Br2N2/c1-15-7-14-10(11(15)13)6-8-4-2-3-5-9(8)12/h2-5,7H,6H2,1H3. The van der Waals surface area contributed by atoms with Gasteiger partial charge in [-0.25, -0.2) is 4.98 Å². The molecule has 0 aliphatic rings. The van der Waals surface area contributed by atoms with Crippen molar-refractivity contribution >= 4 is 31.9 Å². The Morgan fingerprint density at radius 2 is 2.00 bits per heavy atom. The Bertz CT molecular complexity index is 477. The molecule has 0 aliphatic heterocycles. The third-order valence-electron chi connectivity index (χ3n) is 2.25. The van der Waals surface area contributed by atoms with Crippen LogP contribution in [0.25, 0.3) is 0 Å². The molecule has 0 N–H and O–H groups in total. The second-order valence-corrected chi connectivity index (χ2v) is 4.97. The first-order valence-electron chi connectivity index (χ1n) is 4.57. The molecule has 15 heavy (non-hydrogen) atoms. The Morgan fingerprint density at radius 3 is 2.60 bits per heavy atom. The van der Waals surface area contributed by atoms with Gasteiger partial charge in [0.2, 0.25) is 0 Å². The van der Waals surface area contributed by atoms with Crippen molar-refractivity contribution in [3.63, 3.8) is 0 Å². The molecule has 1 aromatic carbocycles. The third-order valence-corrected chi connectivity index (χ3v) is 4.04. The Hall–Kier alpha value is -0.610. The largest absolute Gasteiger partial charge is 0.328 e. The van der Waals surface area contributed by atoms with Crippen molar-refractivity contribution in [2.75, 3.05) is 0 Å². The van der Waals surface area contributed by atoms with E-state index in [2.05, 4.69) is 42.9 Å². The molecule has 0 bridgehead atoms. The van der Waals surface area contributed by atoms with Crippen LogP contribution in [-0.2, 0) is 13.5 Å². The van der Waals surface area contributed by atoms with Crippen molar-refractivity contribution in [3.8, 4) is 0 Å². The van der Waals surface area contributed by atoms with Gasteiger partial charge in [-0.15, -0.1) is 0 Å². The van der Waals surface area contributed by atoms with E-state index < -0.39 is 0 Å². The molecular weight excluding hydrogens is 320 g/mol. The van der Waals surface area contributed by atoms with Crippen molar-refractivity contribution in [3.05, 3.63) is 50.9 Å². The Labute approximate surface area is 106 Å². The lowest BCUT2D eigenvalue weighted by atomic mass is 10.1. The van der Waals surface area contributed by atoms with Crippen molar-refractivity contribution in [2.45, 2.75) is 6.42 Å². The van der Waals surface area contributed by atoms with E-state index in [9.17, 15) is 0 Å². The summed E-state index contributed by atoms with van der Waals surface area (Å²) in [5, 5.41) is 0. The topological polar surface area (TPSA) is 17.8 Å². The number of aromatic nitrogens is 2. The molecular formula is C11H10Br2N2. The van der Waals surface area contributed by atoms with Gasteiger partial charge in [-0.05, 0) is 27.6 Å². The van der Waals surface area contributed by atoms with Gasteiger partial charge >= 0.3 is 0 Å². The summed E-state index contributed by atoms with van der Waals surface area (Å²) in [6.45, 7) is 0. The fourth-order valence-electron chi connectivity index (χ4n) is 1.40. The summed E-state index contributed by atoms with van der Waals surface area (Å²) in [5.74, 6) is 0. The average Bonchev–Trinajstić information content (AvgIpc) is 2.53. The van der Waals surface area contributed by atoms with Crippen LogP contribution in [0.15, 0.2) is 39.7 Å². The minimum Gasteiger partial charge on any atom is -0.328 e. The molecule has 0 saturated heterocycles. The van der Waals surface area contributed by atoms with Crippen LogP contribution in [0.3, 0.4) is 0 Å². The normalized spacial score (nSPS) is 10.6. The maximum absolute atomic E-state index is 4.35. The van der Waals surface area contributed by atoms with E-state index in [1.54, 1.807) is 0 Å². The maximum Gasteiger partial charge on any atom is 0.108 e. The fourth-order valence-corrected chi connectivity index (χ4v) is 2.16. The Balaban J connectivity index is 2.30. The lowest BCUT2D eigenvalue weighted by Gasteiger charge is -2.02.